The predicted octanol–water partition coefficient (Wildman–Crippen LogP) is 4.62. The van der Waals surface area contributed by atoms with Crippen molar-refractivity contribution >= 4 is 40.8 Å². The maximum absolute atomic E-state index is 15.5. The van der Waals surface area contributed by atoms with Gasteiger partial charge in [-0.3, -0.25) is 23.7 Å². The van der Waals surface area contributed by atoms with E-state index in [-0.39, 0.29) is 23.4 Å². The molecular weight excluding hydrogens is 480 g/mol. The lowest BCUT2D eigenvalue weighted by Crippen LogP contribution is -2.63. The van der Waals surface area contributed by atoms with Gasteiger partial charge in [-0.25, -0.2) is 4.39 Å². The highest BCUT2D eigenvalue weighted by Crippen LogP contribution is 2.67. The van der Waals surface area contributed by atoms with Gasteiger partial charge >= 0.3 is 5.97 Å². The van der Waals surface area contributed by atoms with Crippen LogP contribution in [0.3, 0.4) is 0 Å². The van der Waals surface area contributed by atoms with Crippen LogP contribution >= 0.6 is 23.2 Å². The molecule has 0 bridgehead atoms. The average molecular weight is 499 g/mol. The van der Waals surface area contributed by atoms with Gasteiger partial charge in [0, 0.05) is 33.1 Å². The first-order valence-corrected chi connectivity index (χ1v) is 11.1. The summed E-state index contributed by atoms with van der Waals surface area (Å²) < 4.78 is 43.1. The monoisotopic (exact) mass is 498 g/mol. The summed E-state index contributed by atoms with van der Waals surface area (Å²) in [7, 11) is 0. The molecule has 2 fully saturated rings. The SMILES string of the molecule is O=C(O)[C@@H]1NC2(CC(CF)(CF)C2)[C@@H]2c3ccc(Cl)cc3NC(=O)[C@]12c1cccc(Cl)c1F. The lowest BCUT2D eigenvalue weighted by molar-refractivity contribution is -0.143. The number of hydrogen-bond acceptors (Lipinski definition) is 3. The fraction of sp³-hybridized carbons (Fsp3) is 0.391. The molecule has 1 saturated heterocycles. The second-order valence-electron chi connectivity index (χ2n) is 9.28. The second-order valence-corrected chi connectivity index (χ2v) is 10.1. The van der Waals surface area contributed by atoms with E-state index >= 15 is 4.39 Å². The highest BCUT2D eigenvalue weighted by atomic mass is 35.5. The molecule has 1 aliphatic carbocycles. The first-order chi connectivity index (χ1) is 15.6. The van der Waals surface area contributed by atoms with Gasteiger partial charge in [-0.1, -0.05) is 41.4 Å². The predicted molar refractivity (Wildman–Crippen MR) is 117 cm³/mol. The summed E-state index contributed by atoms with van der Waals surface area (Å²) >= 11 is 12.1. The minimum absolute atomic E-state index is 0.0548. The van der Waals surface area contributed by atoms with E-state index in [0.29, 0.717) is 16.3 Å². The number of aliphatic carboxylic acids is 1. The van der Waals surface area contributed by atoms with Crippen LogP contribution in [0.15, 0.2) is 36.4 Å². The molecule has 10 heteroatoms. The minimum Gasteiger partial charge on any atom is -0.480 e. The number of carbonyl (C=O) groups excluding carboxylic acids is 1. The van der Waals surface area contributed by atoms with Crippen molar-refractivity contribution in [3.63, 3.8) is 0 Å². The summed E-state index contributed by atoms with van der Waals surface area (Å²) in [6.45, 7) is -1.87. The van der Waals surface area contributed by atoms with E-state index in [1.807, 2.05) is 0 Å². The third-order valence-corrected chi connectivity index (χ3v) is 7.96. The Morgan fingerprint density at radius 2 is 1.85 bits per heavy atom. The zero-order valence-corrected chi connectivity index (χ0v) is 18.6. The topological polar surface area (TPSA) is 78.4 Å². The van der Waals surface area contributed by atoms with Crippen LogP contribution in [-0.4, -0.2) is 41.9 Å². The van der Waals surface area contributed by atoms with Crippen LogP contribution < -0.4 is 10.6 Å². The highest BCUT2D eigenvalue weighted by molar-refractivity contribution is 6.31. The van der Waals surface area contributed by atoms with Crippen molar-refractivity contribution in [2.24, 2.45) is 5.41 Å². The molecule has 33 heavy (non-hydrogen) atoms. The number of carbonyl (C=O) groups is 2. The number of benzene rings is 2. The number of rotatable bonds is 4. The number of alkyl halides is 2. The maximum Gasteiger partial charge on any atom is 0.322 e. The van der Waals surface area contributed by atoms with Crippen molar-refractivity contribution in [3.8, 4) is 0 Å². The number of fused-ring (bicyclic) bond motifs is 4. The number of hydrogen-bond donors (Lipinski definition) is 3. The van der Waals surface area contributed by atoms with Gasteiger partial charge in [-0.15, -0.1) is 0 Å². The van der Waals surface area contributed by atoms with E-state index in [1.54, 1.807) is 12.1 Å². The second kappa shape index (κ2) is 7.35. The fourth-order valence-electron chi connectivity index (χ4n) is 6.34. The van der Waals surface area contributed by atoms with Gasteiger partial charge in [-0.05, 0) is 36.6 Å². The van der Waals surface area contributed by atoms with Crippen LogP contribution in [0.1, 0.15) is 29.9 Å². The lowest BCUT2D eigenvalue weighted by Gasteiger charge is -2.57. The normalized spacial score (nSPS) is 28.6. The molecule has 174 valence electrons. The van der Waals surface area contributed by atoms with E-state index in [0.717, 1.165) is 0 Å². The molecule has 5 nitrogen and oxygen atoms in total. The molecule has 3 aliphatic rings. The third kappa shape index (κ3) is 2.83. The average Bonchev–Trinajstić information content (AvgIpc) is 3.07. The van der Waals surface area contributed by atoms with Crippen molar-refractivity contribution in [1.82, 2.24) is 5.32 Å². The van der Waals surface area contributed by atoms with Gasteiger partial charge in [0.2, 0.25) is 5.91 Å². The Kier molecular flexibility index (Phi) is 5.01. The van der Waals surface area contributed by atoms with E-state index in [4.69, 9.17) is 23.2 Å². The number of carboxylic acids is 1. The first-order valence-electron chi connectivity index (χ1n) is 10.3. The lowest BCUT2D eigenvalue weighted by atomic mass is 9.48. The largest absolute Gasteiger partial charge is 0.480 e. The molecule has 0 radical (unpaired) electrons. The Bertz CT molecular complexity index is 1180. The summed E-state index contributed by atoms with van der Waals surface area (Å²) in [5, 5.41) is 15.9. The van der Waals surface area contributed by atoms with Gasteiger partial charge < -0.3 is 10.4 Å². The first kappa shape index (κ1) is 22.5. The molecule has 0 unspecified atom stereocenters. The number of anilines is 1. The molecule has 2 aromatic carbocycles. The van der Waals surface area contributed by atoms with Gasteiger partial charge in [0.25, 0.3) is 0 Å². The Morgan fingerprint density at radius 1 is 1.15 bits per heavy atom. The van der Waals surface area contributed by atoms with Gasteiger partial charge in [0.05, 0.1) is 18.4 Å². The number of amides is 1. The quantitative estimate of drug-likeness (QED) is 0.574. The third-order valence-electron chi connectivity index (χ3n) is 7.44. The van der Waals surface area contributed by atoms with Crippen LogP contribution in [0.25, 0.3) is 0 Å². The Balaban J connectivity index is 1.83. The number of halogens is 5. The van der Waals surface area contributed by atoms with Crippen molar-refractivity contribution in [1.29, 1.82) is 0 Å². The van der Waals surface area contributed by atoms with Crippen LogP contribution in [0.5, 0.6) is 0 Å². The molecule has 5 rings (SSSR count). The fourth-order valence-corrected chi connectivity index (χ4v) is 6.68. The van der Waals surface area contributed by atoms with E-state index in [1.165, 1.54) is 24.3 Å². The molecule has 1 spiro atoms. The summed E-state index contributed by atoms with van der Waals surface area (Å²) in [5.41, 5.74) is -3.73. The molecule has 0 aromatic heterocycles. The van der Waals surface area contributed by atoms with Crippen LogP contribution in [0.4, 0.5) is 18.9 Å². The van der Waals surface area contributed by atoms with Crippen LogP contribution in [-0.2, 0) is 15.0 Å². The van der Waals surface area contributed by atoms with E-state index in [9.17, 15) is 23.5 Å². The van der Waals surface area contributed by atoms with E-state index < -0.39 is 59.4 Å². The molecule has 1 saturated carbocycles. The Morgan fingerprint density at radius 3 is 2.48 bits per heavy atom. The van der Waals surface area contributed by atoms with Crippen molar-refractivity contribution in [2.45, 2.75) is 35.8 Å². The molecule has 2 heterocycles. The molecule has 2 aromatic rings. The van der Waals surface area contributed by atoms with Crippen LogP contribution in [0, 0.1) is 11.2 Å². The molecule has 1 amide bonds. The minimum atomic E-state index is -1.96. The van der Waals surface area contributed by atoms with Crippen molar-refractivity contribution in [3.05, 3.63) is 63.4 Å². The summed E-state index contributed by atoms with van der Waals surface area (Å²) in [6, 6.07) is 7.24. The molecule has 3 N–H and O–H groups in total. The number of carboxylic acid groups (broad SMARTS) is 1. The van der Waals surface area contributed by atoms with Crippen molar-refractivity contribution < 1.29 is 27.9 Å². The zero-order valence-electron chi connectivity index (χ0n) is 17.1. The highest BCUT2D eigenvalue weighted by Gasteiger charge is 2.75. The van der Waals surface area contributed by atoms with Crippen molar-refractivity contribution in [2.75, 3.05) is 18.7 Å². The van der Waals surface area contributed by atoms with Gasteiger partial charge in [0.1, 0.15) is 17.3 Å². The number of nitrogens with one attached hydrogen (secondary N) is 2. The Labute approximate surface area is 197 Å². The summed E-state index contributed by atoms with van der Waals surface area (Å²) in [4.78, 5) is 26.3. The molecule has 3 atom stereocenters. The molecule has 2 aliphatic heterocycles. The summed E-state index contributed by atoms with van der Waals surface area (Å²) in [6.07, 6.45) is -0.110. The standard InChI is InChI=1S/C23H19Cl2F3N2O3/c24-11-4-5-12-15(6-11)29-20(33)23(13-2-1-3-14(25)16(13)28)17(12)22(30-18(23)19(31)32)7-21(8-22,9-26)10-27/h1-6,17-18,30H,7-10H2,(H,29,33)(H,31,32)/t17-,18-,23-/m0/s1. The van der Waals surface area contributed by atoms with Gasteiger partial charge in [0.15, 0.2) is 0 Å². The van der Waals surface area contributed by atoms with E-state index in [2.05, 4.69) is 10.6 Å². The van der Waals surface area contributed by atoms with Gasteiger partial charge in [-0.2, -0.15) is 0 Å². The summed E-state index contributed by atoms with van der Waals surface area (Å²) in [5.74, 6) is -3.99. The maximum atomic E-state index is 15.5. The zero-order chi connectivity index (χ0) is 23.8. The molecular formula is C23H19Cl2F3N2O3. The smallest absolute Gasteiger partial charge is 0.322 e. The van der Waals surface area contributed by atoms with Crippen LogP contribution in [0.2, 0.25) is 10.0 Å². The Hall–Kier alpha value is -2.29.